The molecular formula is C19H22N2O5S. The fraction of sp³-hybridized carbons (Fsp3) is 0.526. The minimum atomic E-state index is -4.18. The second-order valence-electron chi connectivity index (χ2n) is 7.69. The second-order valence-corrected chi connectivity index (χ2v) is 9.44. The van der Waals surface area contributed by atoms with Crippen LogP contribution in [0.4, 0.5) is 0 Å². The van der Waals surface area contributed by atoms with Crippen LogP contribution in [0.1, 0.15) is 56.6 Å². The minimum absolute atomic E-state index is 0.0602. The topological polar surface area (TPSA) is 91.8 Å². The van der Waals surface area contributed by atoms with Crippen LogP contribution in [0.3, 0.4) is 0 Å². The number of fused-ring (bicyclic) bond motifs is 2. The highest BCUT2D eigenvalue weighted by Crippen LogP contribution is 2.51. The van der Waals surface area contributed by atoms with Crippen LogP contribution in [0.25, 0.3) is 0 Å². The number of carbonyl (C=O) groups is 3. The molecule has 3 amide bonds. The number of imide groups is 1. The Labute approximate surface area is 158 Å². The van der Waals surface area contributed by atoms with Crippen molar-refractivity contribution in [2.24, 2.45) is 0 Å². The standard InChI is InChI=1S/C19H22N2O5S/c1-12-8-9-16-15(10-12)19(21(13(2)22)27(16,25)26)11-17(23)20(18(19)24)14-6-4-3-5-7-14/h8-10,14H,3-7,11H2,1-2H3. The Morgan fingerprint density at radius 2 is 1.81 bits per heavy atom. The highest BCUT2D eigenvalue weighted by atomic mass is 32.2. The lowest BCUT2D eigenvalue weighted by Gasteiger charge is -2.34. The first kappa shape index (κ1) is 18.2. The molecule has 1 aliphatic carbocycles. The lowest BCUT2D eigenvalue weighted by molar-refractivity contribution is -0.147. The molecule has 2 aliphatic heterocycles. The number of sulfonamides is 1. The summed E-state index contributed by atoms with van der Waals surface area (Å²) in [5.41, 5.74) is -0.764. The smallest absolute Gasteiger partial charge is 0.268 e. The van der Waals surface area contributed by atoms with Crippen molar-refractivity contribution >= 4 is 27.7 Å². The van der Waals surface area contributed by atoms with Crippen LogP contribution in [0.5, 0.6) is 0 Å². The van der Waals surface area contributed by atoms with Gasteiger partial charge in [0.05, 0.1) is 11.3 Å². The van der Waals surface area contributed by atoms with Gasteiger partial charge < -0.3 is 0 Å². The molecule has 8 heteroatoms. The van der Waals surface area contributed by atoms with Crippen LogP contribution in [0.2, 0.25) is 0 Å². The molecule has 0 bridgehead atoms. The van der Waals surface area contributed by atoms with Gasteiger partial charge in [0, 0.05) is 18.5 Å². The zero-order valence-corrected chi connectivity index (χ0v) is 16.2. The number of amides is 3. The summed E-state index contributed by atoms with van der Waals surface area (Å²) in [5, 5.41) is 0. The molecule has 1 aromatic rings. The zero-order chi connectivity index (χ0) is 19.6. The van der Waals surface area contributed by atoms with Gasteiger partial charge in [-0.2, -0.15) is 0 Å². The van der Waals surface area contributed by atoms with Gasteiger partial charge >= 0.3 is 0 Å². The van der Waals surface area contributed by atoms with E-state index in [1.165, 1.54) is 11.0 Å². The van der Waals surface area contributed by atoms with Gasteiger partial charge in [-0.1, -0.05) is 37.0 Å². The molecule has 0 N–H and O–H groups in total. The summed E-state index contributed by atoms with van der Waals surface area (Å²) in [4.78, 5) is 40.0. The molecule has 7 nitrogen and oxygen atoms in total. The maximum absolute atomic E-state index is 13.6. The molecular weight excluding hydrogens is 368 g/mol. The summed E-state index contributed by atoms with van der Waals surface area (Å²) in [6, 6.07) is 4.45. The van der Waals surface area contributed by atoms with Gasteiger partial charge in [-0.05, 0) is 25.8 Å². The van der Waals surface area contributed by atoms with Crippen molar-refractivity contribution in [2.75, 3.05) is 0 Å². The van der Waals surface area contributed by atoms with Gasteiger partial charge in [-0.25, -0.2) is 12.7 Å². The van der Waals surface area contributed by atoms with Crippen molar-refractivity contribution in [1.82, 2.24) is 9.21 Å². The van der Waals surface area contributed by atoms with E-state index in [1.807, 2.05) is 0 Å². The Bertz CT molecular complexity index is 964. The summed E-state index contributed by atoms with van der Waals surface area (Å²) in [7, 11) is -4.18. The van der Waals surface area contributed by atoms with Crippen LogP contribution < -0.4 is 0 Å². The average Bonchev–Trinajstić information content (AvgIpc) is 2.96. The Hall–Kier alpha value is -2.22. The molecule has 1 atom stereocenters. The monoisotopic (exact) mass is 390 g/mol. The molecule has 0 aromatic heterocycles. The predicted molar refractivity (Wildman–Crippen MR) is 95.9 cm³/mol. The Balaban J connectivity index is 1.93. The average molecular weight is 390 g/mol. The number of hydrogen-bond acceptors (Lipinski definition) is 5. The summed E-state index contributed by atoms with van der Waals surface area (Å²) >= 11 is 0. The van der Waals surface area contributed by atoms with E-state index in [0.29, 0.717) is 4.31 Å². The lowest BCUT2D eigenvalue weighted by atomic mass is 9.86. The number of aryl methyl sites for hydroxylation is 1. The fourth-order valence-corrected chi connectivity index (χ4v) is 6.75. The van der Waals surface area contributed by atoms with Crippen molar-refractivity contribution in [3.63, 3.8) is 0 Å². The van der Waals surface area contributed by atoms with Gasteiger partial charge in [0.1, 0.15) is 0 Å². The van der Waals surface area contributed by atoms with Crippen molar-refractivity contribution in [1.29, 1.82) is 0 Å². The molecule has 27 heavy (non-hydrogen) atoms. The van der Waals surface area contributed by atoms with E-state index in [9.17, 15) is 22.8 Å². The first-order valence-electron chi connectivity index (χ1n) is 9.25. The summed E-state index contributed by atoms with van der Waals surface area (Å²) in [6.07, 6.45) is 4.05. The Morgan fingerprint density at radius 1 is 1.15 bits per heavy atom. The van der Waals surface area contributed by atoms with Crippen molar-refractivity contribution in [2.45, 2.75) is 68.8 Å². The second kappa shape index (κ2) is 5.89. The highest BCUT2D eigenvalue weighted by molar-refractivity contribution is 7.90. The zero-order valence-electron chi connectivity index (χ0n) is 15.4. The number of likely N-dealkylation sites (tertiary alicyclic amines) is 1. The Kier molecular flexibility index (Phi) is 3.96. The van der Waals surface area contributed by atoms with E-state index < -0.39 is 33.3 Å². The van der Waals surface area contributed by atoms with Gasteiger partial charge in [0.15, 0.2) is 5.54 Å². The van der Waals surface area contributed by atoms with E-state index in [-0.39, 0.29) is 22.9 Å². The number of nitrogens with zero attached hydrogens (tertiary/aromatic N) is 2. The van der Waals surface area contributed by atoms with E-state index in [1.54, 1.807) is 19.1 Å². The van der Waals surface area contributed by atoms with Gasteiger partial charge in [0.25, 0.3) is 15.9 Å². The summed E-state index contributed by atoms with van der Waals surface area (Å²) in [6.45, 7) is 2.91. The Morgan fingerprint density at radius 3 is 2.44 bits per heavy atom. The SMILES string of the molecule is CC(=O)N1C2(CC(=O)N(C3CCCCC3)C2=O)c2cc(C)ccc2S1(=O)=O. The molecule has 2 fully saturated rings. The van der Waals surface area contributed by atoms with Crippen LogP contribution in [0, 0.1) is 6.92 Å². The lowest BCUT2D eigenvalue weighted by Crippen LogP contribution is -2.53. The summed E-state index contributed by atoms with van der Waals surface area (Å²) < 4.78 is 26.8. The third-order valence-corrected chi connectivity index (χ3v) is 7.88. The van der Waals surface area contributed by atoms with E-state index in [4.69, 9.17) is 0 Å². The predicted octanol–water partition coefficient (Wildman–Crippen LogP) is 1.83. The third kappa shape index (κ3) is 2.32. The quantitative estimate of drug-likeness (QED) is 0.682. The van der Waals surface area contributed by atoms with E-state index in [0.717, 1.165) is 44.6 Å². The molecule has 0 radical (unpaired) electrons. The number of benzene rings is 1. The molecule has 1 unspecified atom stereocenters. The number of rotatable bonds is 1. The molecule has 1 saturated carbocycles. The maximum atomic E-state index is 13.6. The minimum Gasteiger partial charge on any atom is -0.277 e. The fourth-order valence-electron chi connectivity index (χ4n) is 4.81. The van der Waals surface area contributed by atoms with Crippen molar-refractivity contribution in [3.8, 4) is 0 Å². The molecule has 2 heterocycles. The van der Waals surface area contributed by atoms with Crippen molar-refractivity contribution in [3.05, 3.63) is 29.3 Å². The first-order chi connectivity index (χ1) is 12.7. The molecule has 4 rings (SSSR count). The molecule has 3 aliphatic rings. The molecule has 1 saturated heterocycles. The summed E-state index contributed by atoms with van der Waals surface area (Å²) in [5.74, 6) is -1.74. The highest BCUT2D eigenvalue weighted by Gasteiger charge is 2.67. The van der Waals surface area contributed by atoms with Crippen molar-refractivity contribution < 1.29 is 22.8 Å². The molecule has 1 aromatic carbocycles. The van der Waals surface area contributed by atoms with Gasteiger partial charge in [-0.15, -0.1) is 0 Å². The van der Waals surface area contributed by atoms with Gasteiger partial charge in [0.2, 0.25) is 11.8 Å². The van der Waals surface area contributed by atoms with Crippen LogP contribution in [-0.2, 0) is 29.9 Å². The van der Waals surface area contributed by atoms with Crippen LogP contribution in [0.15, 0.2) is 23.1 Å². The number of carbonyl (C=O) groups excluding carboxylic acids is 3. The normalized spacial score (nSPS) is 27.5. The number of hydrogen-bond donors (Lipinski definition) is 0. The third-order valence-electron chi connectivity index (χ3n) is 5.92. The van der Waals surface area contributed by atoms with E-state index in [2.05, 4.69) is 0 Å². The molecule has 144 valence electrons. The van der Waals surface area contributed by atoms with Crippen LogP contribution >= 0.6 is 0 Å². The maximum Gasteiger partial charge on any atom is 0.268 e. The van der Waals surface area contributed by atoms with Crippen LogP contribution in [-0.4, -0.2) is 41.4 Å². The van der Waals surface area contributed by atoms with Gasteiger partial charge in [-0.3, -0.25) is 19.3 Å². The molecule has 1 spiro atoms. The first-order valence-corrected chi connectivity index (χ1v) is 10.7. The van der Waals surface area contributed by atoms with E-state index >= 15 is 0 Å². The largest absolute Gasteiger partial charge is 0.277 e.